The highest BCUT2D eigenvalue weighted by Gasteiger charge is 2.33. The fourth-order valence-corrected chi connectivity index (χ4v) is 0.917. The van der Waals surface area contributed by atoms with Crippen LogP contribution in [0.4, 0.5) is 19.0 Å². The predicted molar refractivity (Wildman–Crippen MR) is 46.6 cm³/mol. The molecule has 9 heteroatoms. The van der Waals surface area contributed by atoms with Crippen molar-refractivity contribution in [2.24, 2.45) is 10.8 Å². The van der Waals surface area contributed by atoms with E-state index >= 15 is 0 Å². The van der Waals surface area contributed by atoms with Gasteiger partial charge in [0.05, 0.1) is 5.56 Å². The summed E-state index contributed by atoms with van der Waals surface area (Å²) < 4.78 is 36.7. The minimum atomic E-state index is -4.68. The Morgan fingerprint density at radius 3 is 2.56 bits per heavy atom. The maximum absolute atomic E-state index is 12.2. The van der Waals surface area contributed by atoms with Gasteiger partial charge in [0, 0.05) is 4.91 Å². The summed E-state index contributed by atoms with van der Waals surface area (Å²) in [5.41, 5.74) is 11.3. The minimum absolute atomic E-state index is 0.370. The minimum Gasteiger partial charge on any atom is -0.366 e. The number of nitrogens with zero attached hydrogens (tertiary/aromatic N) is 4. The molecule has 0 spiro atoms. The number of nitrogens with two attached hydrogens (primary N) is 1. The third-order valence-electron chi connectivity index (χ3n) is 1.57. The van der Waals surface area contributed by atoms with Gasteiger partial charge in [-0.15, -0.1) is 0 Å². The van der Waals surface area contributed by atoms with E-state index in [4.69, 9.17) is 11.3 Å². The maximum atomic E-state index is 12.2. The number of amides is 1. The van der Waals surface area contributed by atoms with Gasteiger partial charge in [0.1, 0.15) is 11.5 Å². The molecule has 2 N–H and O–H groups in total. The molecule has 0 aromatic carbocycles. The number of aromatic nitrogens is 1. The van der Waals surface area contributed by atoms with Crippen LogP contribution in [0.15, 0.2) is 17.2 Å². The van der Waals surface area contributed by atoms with Crippen LogP contribution in [0.2, 0.25) is 0 Å². The van der Waals surface area contributed by atoms with Crippen molar-refractivity contribution in [1.29, 1.82) is 0 Å². The number of hydrogen-bond acceptors (Lipinski definition) is 3. The Morgan fingerprint density at radius 1 is 1.50 bits per heavy atom. The first-order chi connectivity index (χ1) is 7.36. The zero-order valence-corrected chi connectivity index (χ0v) is 7.56. The van der Waals surface area contributed by atoms with Gasteiger partial charge >= 0.3 is 6.18 Å². The standard InChI is InChI=1S/C7H4F3N5O/c8-7(9,10)4-2-1-3(5(11)16)6(13-4)14-15-12/h1-2H,(H2,11,16). The van der Waals surface area contributed by atoms with E-state index in [2.05, 4.69) is 15.0 Å². The fraction of sp³-hybridized carbons (Fsp3) is 0.143. The normalized spacial score (nSPS) is 10.7. The van der Waals surface area contributed by atoms with E-state index in [1.54, 1.807) is 0 Å². The van der Waals surface area contributed by atoms with Gasteiger partial charge in [-0.1, -0.05) is 0 Å². The quantitative estimate of drug-likeness (QED) is 0.478. The van der Waals surface area contributed by atoms with Gasteiger partial charge in [0.15, 0.2) is 0 Å². The first kappa shape index (κ1) is 11.8. The van der Waals surface area contributed by atoms with Crippen molar-refractivity contribution in [3.63, 3.8) is 0 Å². The Labute approximate surface area is 86.5 Å². The number of azide groups is 1. The van der Waals surface area contributed by atoms with Gasteiger partial charge in [-0.2, -0.15) is 13.2 Å². The Kier molecular flexibility index (Phi) is 3.00. The van der Waals surface area contributed by atoms with Crippen molar-refractivity contribution in [1.82, 2.24) is 4.98 Å². The van der Waals surface area contributed by atoms with Gasteiger partial charge in [-0.25, -0.2) is 4.98 Å². The second kappa shape index (κ2) is 4.07. The smallest absolute Gasteiger partial charge is 0.366 e. The van der Waals surface area contributed by atoms with Crippen molar-refractivity contribution in [2.45, 2.75) is 6.18 Å². The Morgan fingerprint density at radius 2 is 2.12 bits per heavy atom. The SMILES string of the molecule is [N-]=[N+]=Nc1nc(C(F)(F)F)ccc1C(N)=O. The molecule has 1 amide bonds. The lowest BCUT2D eigenvalue weighted by molar-refractivity contribution is -0.141. The average molecular weight is 231 g/mol. The van der Waals surface area contributed by atoms with Crippen LogP contribution >= 0.6 is 0 Å². The van der Waals surface area contributed by atoms with Crippen LogP contribution in [0.25, 0.3) is 10.4 Å². The van der Waals surface area contributed by atoms with E-state index in [0.29, 0.717) is 6.07 Å². The fourth-order valence-electron chi connectivity index (χ4n) is 0.917. The van der Waals surface area contributed by atoms with Crippen molar-refractivity contribution in [3.8, 4) is 0 Å². The second-order valence-corrected chi connectivity index (χ2v) is 2.62. The highest BCUT2D eigenvalue weighted by Crippen LogP contribution is 2.30. The van der Waals surface area contributed by atoms with Crippen LogP contribution in [0.1, 0.15) is 16.1 Å². The Hall–Kier alpha value is -2.28. The van der Waals surface area contributed by atoms with Crippen LogP contribution in [0, 0.1) is 0 Å². The van der Waals surface area contributed by atoms with Crippen LogP contribution < -0.4 is 5.73 Å². The third-order valence-corrected chi connectivity index (χ3v) is 1.57. The van der Waals surface area contributed by atoms with E-state index in [1.165, 1.54) is 0 Å². The molecule has 0 aliphatic rings. The molecule has 0 saturated heterocycles. The molecule has 1 heterocycles. The van der Waals surface area contributed by atoms with Gasteiger partial charge in [-0.3, -0.25) is 4.79 Å². The van der Waals surface area contributed by atoms with Crippen molar-refractivity contribution >= 4 is 11.7 Å². The molecule has 1 aromatic rings. The molecule has 0 saturated carbocycles. The third kappa shape index (κ3) is 2.39. The van der Waals surface area contributed by atoms with Crippen LogP contribution in [0.3, 0.4) is 0 Å². The Bertz CT molecular complexity index is 477. The zero-order chi connectivity index (χ0) is 12.3. The van der Waals surface area contributed by atoms with Gasteiger partial charge < -0.3 is 5.73 Å². The number of carbonyl (C=O) groups excluding carboxylic acids is 1. The second-order valence-electron chi connectivity index (χ2n) is 2.62. The molecule has 0 atom stereocenters. The molecule has 0 bridgehead atoms. The molecular formula is C7H4F3N5O. The summed E-state index contributed by atoms with van der Waals surface area (Å²) >= 11 is 0. The van der Waals surface area contributed by atoms with E-state index in [0.717, 1.165) is 6.07 Å². The van der Waals surface area contributed by atoms with Crippen LogP contribution in [0.5, 0.6) is 0 Å². The summed E-state index contributed by atoms with van der Waals surface area (Å²) in [7, 11) is 0. The molecular weight excluding hydrogens is 227 g/mol. The number of hydrogen-bond donors (Lipinski definition) is 1. The zero-order valence-electron chi connectivity index (χ0n) is 7.56. The number of carbonyl (C=O) groups is 1. The lowest BCUT2D eigenvalue weighted by atomic mass is 10.2. The summed E-state index contributed by atoms with van der Waals surface area (Å²) in [5.74, 6) is -1.71. The van der Waals surface area contributed by atoms with Gasteiger partial charge in [0.25, 0.3) is 5.91 Å². The summed E-state index contributed by atoms with van der Waals surface area (Å²) in [6.45, 7) is 0. The van der Waals surface area contributed by atoms with E-state index in [9.17, 15) is 18.0 Å². The topological polar surface area (TPSA) is 105 Å². The summed E-state index contributed by atoms with van der Waals surface area (Å²) in [6.07, 6.45) is -4.68. The highest BCUT2D eigenvalue weighted by atomic mass is 19.4. The maximum Gasteiger partial charge on any atom is 0.433 e. The van der Waals surface area contributed by atoms with Gasteiger partial charge in [0.2, 0.25) is 0 Å². The average Bonchev–Trinajstić information content (AvgIpc) is 2.16. The van der Waals surface area contributed by atoms with Crippen molar-refractivity contribution in [2.75, 3.05) is 0 Å². The molecule has 0 aliphatic heterocycles. The number of rotatable bonds is 2. The van der Waals surface area contributed by atoms with E-state index in [-0.39, 0.29) is 5.56 Å². The Balaban J connectivity index is 3.39. The summed E-state index contributed by atoms with van der Waals surface area (Å²) in [5, 5.41) is 2.87. The monoisotopic (exact) mass is 231 g/mol. The van der Waals surface area contributed by atoms with E-state index < -0.39 is 23.6 Å². The molecule has 1 aromatic heterocycles. The molecule has 0 unspecified atom stereocenters. The van der Waals surface area contributed by atoms with Crippen molar-refractivity contribution in [3.05, 3.63) is 33.8 Å². The van der Waals surface area contributed by atoms with Crippen LogP contribution in [-0.2, 0) is 6.18 Å². The highest BCUT2D eigenvalue weighted by molar-refractivity contribution is 5.96. The molecule has 16 heavy (non-hydrogen) atoms. The number of halogens is 3. The summed E-state index contributed by atoms with van der Waals surface area (Å²) in [4.78, 5) is 16.0. The molecule has 0 fully saturated rings. The number of alkyl halides is 3. The lowest BCUT2D eigenvalue weighted by Gasteiger charge is -2.07. The molecule has 0 radical (unpaired) electrons. The molecule has 1 rings (SSSR count). The molecule has 0 aliphatic carbocycles. The summed E-state index contributed by atoms with van der Waals surface area (Å²) in [6, 6.07) is 1.39. The molecule has 84 valence electrons. The molecule has 6 nitrogen and oxygen atoms in total. The van der Waals surface area contributed by atoms with Crippen LogP contribution in [-0.4, -0.2) is 10.9 Å². The largest absolute Gasteiger partial charge is 0.433 e. The number of primary amides is 1. The van der Waals surface area contributed by atoms with Gasteiger partial charge in [-0.05, 0) is 22.8 Å². The van der Waals surface area contributed by atoms with E-state index in [1.807, 2.05) is 0 Å². The first-order valence-corrected chi connectivity index (χ1v) is 3.79. The lowest BCUT2D eigenvalue weighted by Crippen LogP contribution is -2.14. The first-order valence-electron chi connectivity index (χ1n) is 3.79. The predicted octanol–water partition coefficient (Wildman–Crippen LogP) is 2.14. The van der Waals surface area contributed by atoms with Crippen molar-refractivity contribution < 1.29 is 18.0 Å². The number of pyridine rings is 1.